The molecule has 5 nitrogen and oxygen atoms in total. The molecule has 2 unspecified atom stereocenters. The number of rotatable bonds is 3. The van der Waals surface area contributed by atoms with E-state index in [1.54, 1.807) is 17.0 Å². The zero-order valence-electron chi connectivity index (χ0n) is 20.1. The van der Waals surface area contributed by atoms with Crippen LogP contribution in [0.2, 0.25) is 0 Å². The third-order valence-electron chi connectivity index (χ3n) is 6.68. The number of nitrogens with one attached hydrogen (secondary N) is 1. The van der Waals surface area contributed by atoms with E-state index in [1.807, 2.05) is 75.5 Å². The van der Waals surface area contributed by atoms with Gasteiger partial charge in [0.1, 0.15) is 11.9 Å². The second-order valence-corrected chi connectivity index (χ2v) is 10.2. The number of hydrogen-bond donors (Lipinski definition) is 1. The summed E-state index contributed by atoms with van der Waals surface area (Å²) in [5, 5.41) is 3.06. The van der Waals surface area contributed by atoms with Gasteiger partial charge < -0.3 is 10.2 Å². The van der Waals surface area contributed by atoms with Gasteiger partial charge in [-0.15, -0.1) is 0 Å². The molecule has 0 bridgehead atoms. The van der Waals surface area contributed by atoms with Gasteiger partial charge in [-0.2, -0.15) is 0 Å². The van der Waals surface area contributed by atoms with E-state index in [0.29, 0.717) is 24.2 Å². The van der Waals surface area contributed by atoms with Crippen LogP contribution < -0.4 is 5.32 Å². The quantitative estimate of drug-likeness (QED) is 0.564. The van der Waals surface area contributed by atoms with Gasteiger partial charge in [-0.1, -0.05) is 54.6 Å². The van der Waals surface area contributed by atoms with Crippen LogP contribution in [0.5, 0.6) is 0 Å². The monoisotopic (exact) mass is 469 g/mol. The number of halogens is 1. The molecule has 178 valence electrons. The van der Waals surface area contributed by atoms with Crippen LogP contribution >= 0.6 is 0 Å². The predicted molar refractivity (Wildman–Crippen MR) is 135 cm³/mol. The van der Waals surface area contributed by atoms with Crippen LogP contribution in [0.1, 0.15) is 60.3 Å². The van der Waals surface area contributed by atoms with Gasteiger partial charge in [0.15, 0.2) is 0 Å². The normalized spacial score (nSPS) is 19.8. The summed E-state index contributed by atoms with van der Waals surface area (Å²) in [6.45, 7) is 6.10. The van der Waals surface area contributed by atoms with E-state index in [4.69, 9.17) is 0 Å². The molecule has 0 aliphatic carbocycles. The minimum absolute atomic E-state index is 0.209. The molecule has 0 saturated carbocycles. The van der Waals surface area contributed by atoms with Crippen LogP contribution in [0.4, 0.5) is 10.1 Å². The smallest absolute Gasteiger partial charge is 0.255 e. The number of nitrogens with zero attached hydrogens (tertiary/aromatic N) is 2. The Morgan fingerprint density at radius 2 is 1.74 bits per heavy atom. The molecule has 2 aliphatic heterocycles. The van der Waals surface area contributed by atoms with Crippen molar-refractivity contribution in [3.8, 4) is 0 Å². The van der Waals surface area contributed by atoms with Gasteiger partial charge in [-0.25, -0.2) is 4.39 Å². The second kappa shape index (κ2) is 8.45. The fraction of sp³-hybridized carbons (Fsp3) is 0.276. The maximum atomic E-state index is 14.1. The van der Waals surface area contributed by atoms with Gasteiger partial charge in [0.25, 0.3) is 5.91 Å². The van der Waals surface area contributed by atoms with Gasteiger partial charge in [-0.05, 0) is 62.1 Å². The van der Waals surface area contributed by atoms with Crippen molar-refractivity contribution in [3.05, 3.63) is 101 Å². The summed E-state index contributed by atoms with van der Waals surface area (Å²) in [5.74, 6) is -0.784. The van der Waals surface area contributed by atoms with E-state index in [9.17, 15) is 14.0 Å². The molecule has 2 atom stereocenters. The largest absolute Gasteiger partial charge is 0.349 e. The fourth-order valence-corrected chi connectivity index (χ4v) is 5.19. The summed E-state index contributed by atoms with van der Waals surface area (Å²) >= 11 is 0. The Morgan fingerprint density at radius 3 is 2.49 bits per heavy atom. The van der Waals surface area contributed by atoms with Crippen LogP contribution in [0.25, 0.3) is 0 Å². The summed E-state index contributed by atoms with van der Waals surface area (Å²) in [4.78, 5) is 33.9. The number of carbonyl (C=O) groups excluding carboxylic acids is 2. The van der Waals surface area contributed by atoms with Gasteiger partial charge in [0.05, 0.1) is 11.1 Å². The van der Waals surface area contributed by atoms with Gasteiger partial charge in [-0.3, -0.25) is 14.6 Å². The topological polar surface area (TPSA) is 61.8 Å². The van der Waals surface area contributed by atoms with Gasteiger partial charge in [0, 0.05) is 23.9 Å². The average molecular weight is 470 g/mol. The third-order valence-corrected chi connectivity index (χ3v) is 6.68. The van der Waals surface area contributed by atoms with E-state index in [2.05, 4.69) is 10.3 Å². The number of aliphatic imine (C=N–C) groups is 1. The molecule has 5 rings (SSSR count). The van der Waals surface area contributed by atoms with Crippen molar-refractivity contribution in [2.24, 2.45) is 4.99 Å². The zero-order chi connectivity index (χ0) is 24.8. The Kier molecular flexibility index (Phi) is 5.55. The van der Waals surface area contributed by atoms with Crippen LogP contribution in [-0.2, 0) is 10.2 Å². The van der Waals surface area contributed by atoms with E-state index in [1.165, 1.54) is 12.1 Å². The highest BCUT2D eigenvalue weighted by molar-refractivity contribution is 6.03. The minimum atomic E-state index is -0.794. The lowest BCUT2D eigenvalue weighted by molar-refractivity contribution is -0.127. The first-order chi connectivity index (χ1) is 16.7. The van der Waals surface area contributed by atoms with E-state index in [0.717, 1.165) is 16.7 Å². The first-order valence-electron chi connectivity index (χ1n) is 11.8. The molecule has 3 aromatic rings. The zero-order valence-corrected chi connectivity index (χ0v) is 20.1. The molecule has 0 fully saturated rings. The molecule has 6 heteroatoms. The first-order valence-corrected chi connectivity index (χ1v) is 11.8. The van der Waals surface area contributed by atoms with Crippen molar-refractivity contribution in [2.75, 3.05) is 6.54 Å². The Balaban J connectivity index is 1.64. The molecule has 35 heavy (non-hydrogen) atoms. The molecule has 1 N–H and O–H groups in total. The summed E-state index contributed by atoms with van der Waals surface area (Å²) < 4.78 is 14.0. The van der Waals surface area contributed by atoms with Crippen LogP contribution in [0, 0.1) is 5.82 Å². The van der Waals surface area contributed by atoms with Crippen LogP contribution in [0.3, 0.4) is 0 Å². The summed E-state index contributed by atoms with van der Waals surface area (Å²) in [5.41, 5.74) is 2.41. The van der Waals surface area contributed by atoms with Crippen LogP contribution in [0.15, 0.2) is 77.8 Å². The average Bonchev–Trinajstić information content (AvgIpc) is 3.13. The number of amides is 2. The number of benzene rings is 3. The molecule has 0 saturated heterocycles. The highest BCUT2D eigenvalue weighted by Gasteiger charge is 2.46. The Labute approximate surface area is 204 Å². The molecule has 0 radical (unpaired) electrons. The summed E-state index contributed by atoms with van der Waals surface area (Å²) in [6.07, 6.45) is 2.35. The molecule has 1 spiro atoms. The number of carbonyl (C=O) groups is 2. The molecular weight excluding hydrogens is 441 g/mol. The standard InChI is InChI=1S/C29H28FN3O2/c1-28(2,3)32-26(34)25(19-9-5-4-6-10-19)33-16-15-29(22-12-8-7-11-21(22)27(33)35)18-31-24-17-20(30)13-14-23(24)29/h4-14,17-18,25H,15-16H2,1-3H3,(H,32,34). The number of hydrogen-bond acceptors (Lipinski definition) is 3. The highest BCUT2D eigenvalue weighted by atomic mass is 19.1. The van der Waals surface area contributed by atoms with Crippen molar-refractivity contribution in [1.82, 2.24) is 10.2 Å². The van der Waals surface area contributed by atoms with Gasteiger partial charge >= 0.3 is 0 Å². The molecule has 2 heterocycles. The highest BCUT2D eigenvalue weighted by Crippen LogP contribution is 2.47. The van der Waals surface area contributed by atoms with E-state index < -0.39 is 17.0 Å². The van der Waals surface area contributed by atoms with Crippen LogP contribution in [-0.4, -0.2) is 35.0 Å². The lowest BCUT2D eigenvalue weighted by Crippen LogP contribution is -2.49. The number of fused-ring (bicyclic) bond motifs is 4. The lowest BCUT2D eigenvalue weighted by atomic mass is 9.72. The Bertz CT molecular complexity index is 1330. The molecular formula is C29H28FN3O2. The maximum Gasteiger partial charge on any atom is 0.255 e. The van der Waals surface area contributed by atoms with Crippen molar-refractivity contribution < 1.29 is 14.0 Å². The van der Waals surface area contributed by atoms with Crippen molar-refractivity contribution in [2.45, 2.75) is 44.2 Å². The van der Waals surface area contributed by atoms with E-state index in [-0.39, 0.29) is 17.6 Å². The fourth-order valence-electron chi connectivity index (χ4n) is 5.19. The molecule has 2 aliphatic rings. The predicted octanol–water partition coefficient (Wildman–Crippen LogP) is 5.33. The maximum absolute atomic E-state index is 14.1. The summed E-state index contributed by atoms with van der Waals surface area (Å²) in [7, 11) is 0. The molecule has 2 amide bonds. The van der Waals surface area contributed by atoms with Gasteiger partial charge in [0.2, 0.25) is 5.91 Å². The first kappa shape index (κ1) is 23.0. The Morgan fingerprint density at radius 1 is 1.03 bits per heavy atom. The lowest BCUT2D eigenvalue weighted by Gasteiger charge is -2.33. The second-order valence-electron chi connectivity index (χ2n) is 10.2. The molecule has 0 aromatic heterocycles. The van der Waals surface area contributed by atoms with Crippen molar-refractivity contribution in [3.63, 3.8) is 0 Å². The van der Waals surface area contributed by atoms with E-state index >= 15 is 0 Å². The SMILES string of the molecule is CC(C)(C)NC(=O)C(c1ccccc1)N1CCC2(C=Nc3cc(F)ccc32)c2ccccc2C1=O. The Hall–Kier alpha value is -3.80. The van der Waals surface area contributed by atoms with Crippen molar-refractivity contribution >= 4 is 23.7 Å². The summed E-state index contributed by atoms with van der Waals surface area (Å²) in [6, 6.07) is 20.7. The minimum Gasteiger partial charge on any atom is -0.349 e. The third kappa shape index (κ3) is 4.03. The van der Waals surface area contributed by atoms with Crippen molar-refractivity contribution in [1.29, 1.82) is 0 Å². The molecule has 3 aromatic carbocycles.